The number of carbonyl (C=O) groups excluding carboxylic acids is 5. The lowest BCUT2D eigenvalue weighted by Crippen LogP contribution is -2.60. The number of unbranched alkanes of at least 4 members (excludes halogenated alkanes) is 2. The maximum atomic E-state index is 14.8. The Hall–Kier alpha value is -5.32. The van der Waals surface area contributed by atoms with Gasteiger partial charge in [0, 0.05) is 6.42 Å². The molecule has 3 aromatic rings. The first-order chi connectivity index (χ1) is 26.4. The molecule has 0 spiro atoms. The van der Waals surface area contributed by atoms with Crippen LogP contribution in [0.25, 0.3) is 0 Å². The summed E-state index contributed by atoms with van der Waals surface area (Å²) in [5.41, 5.74) is 13.3. The van der Waals surface area contributed by atoms with Crippen molar-refractivity contribution in [3.05, 3.63) is 102 Å². The Balaban J connectivity index is 2.15. The summed E-state index contributed by atoms with van der Waals surface area (Å²) < 4.78 is 43.9. The number of benzene rings is 3. The quantitative estimate of drug-likeness (QED) is 0.0847. The second-order valence-electron chi connectivity index (χ2n) is 12.7. The minimum atomic E-state index is -4.70. The van der Waals surface area contributed by atoms with E-state index in [1.54, 1.807) is 67.6 Å². The van der Waals surface area contributed by atoms with Crippen molar-refractivity contribution in [2.24, 2.45) is 11.5 Å². The fraction of sp³-hybridized carbons (Fsp3) is 0.410. The van der Waals surface area contributed by atoms with Crippen LogP contribution in [0.4, 0.5) is 9.59 Å². The van der Waals surface area contributed by atoms with Crippen molar-refractivity contribution in [3.63, 3.8) is 0 Å². The zero-order valence-corrected chi connectivity index (χ0v) is 32.2. The van der Waals surface area contributed by atoms with Crippen molar-refractivity contribution < 1.29 is 46.6 Å². The van der Waals surface area contributed by atoms with Gasteiger partial charge in [-0.05, 0) is 81.8 Å². The Morgan fingerprint density at radius 1 is 0.709 bits per heavy atom. The number of sulfonamides is 1. The molecule has 0 unspecified atom stereocenters. The van der Waals surface area contributed by atoms with E-state index in [9.17, 15) is 32.4 Å². The number of aryl methyl sites for hydroxylation is 1. The van der Waals surface area contributed by atoms with Crippen LogP contribution in [0, 0.1) is 6.92 Å². The zero-order valence-electron chi connectivity index (χ0n) is 31.4. The van der Waals surface area contributed by atoms with E-state index in [-0.39, 0.29) is 50.3 Å². The van der Waals surface area contributed by atoms with E-state index in [1.807, 2.05) is 0 Å². The lowest BCUT2D eigenvalue weighted by atomic mass is 10.0. The van der Waals surface area contributed by atoms with Gasteiger partial charge in [0.25, 0.3) is 15.9 Å². The minimum Gasteiger partial charge on any atom is -0.467 e. The summed E-state index contributed by atoms with van der Waals surface area (Å²) in [6.07, 6.45) is -1.57. The van der Waals surface area contributed by atoms with Gasteiger partial charge in [-0.3, -0.25) is 9.59 Å². The van der Waals surface area contributed by atoms with Crippen LogP contribution in [0.3, 0.4) is 0 Å². The molecule has 298 valence electrons. The van der Waals surface area contributed by atoms with Gasteiger partial charge in [-0.15, -0.1) is 0 Å². The molecule has 3 atom stereocenters. The summed E-state index contributed by atoms with van der Waals surface area (Å²) in [6.45, 7) is 2.00. The zero-order chi connectivity index (χ0) is 40.4. The van der Waals surface area contributed by atoms with Gasteiger partial charge in [0.05, 0.1) is 19.1 Å². The molecule has 0 aromatic heterocycles. The van der Waals surface area contributed by atoms with Gasteiger partial charge in [0.1, 0.15) is 24.7 Å². The molecule has 3 rings (SSSR count). The third-order valence-electron chi connectivity index (χ3n) is 8.70. The van der Waals surface area contributed by atoms with Gasteiger partial charge in [-0.1, -0.05) is 78.4 Å². The Bertz CT molecular complexity index is 1810. The van der Waals surface area contributed by atoms with Crippen LogP contribution < -0.4 is 16.8 Å². The highest BCUT2D eigenvalue weighted by molar-refractivity contribution is 7.89. The van der Waals surface area contributed by atoms with Gasteiger partial charge in [-0.25, -0.2) is 27.7 Å². The van der Waals surface area contributed by atoms with E-state index in [2.05, 4.69) is 5.32 Å². The van der Waals surface area contributed by atoms with Gasteiger partial charge >= 0.3 is 18.2 Å². The number of amides is 4. The lowest BCUT2D eigenvalue weighted by Gasteiger charge is -2.33. The highest BCUT2D eigenvalue weighted by Gasteiger charge is 2.44. The molecule has 0 aliphatic carbocycles. The highest BCUT2D eigenvalue weighted by atomic mass is 32.2. The molecular formula is C39H51N5O10S. The SMILES string of the molecule is COC(=O)[C@H](CCCCN)N(C(=O)OCc1ccccc1)C(=O)[C@H](Cc1ccccc1)NC(=O)[C@@H](CCCCN)N(C(=O)OC)S(=O)(=O)c1ccc(C)cc1. The van der Waals surface area contributed by atoms with Crippen LogP contribution in [0.5, 0.6) is 0 Å². The molecule has 15 nitrogen and oxygen atoms in total. The number of esters is 1. The lowest BCUT2D eigenvalue weighted by molar-refractivity contribution is -0.153. The number of ether oxygens (including phenoxy) is 3. The number of methoxy groups -OCH3 is 2. The molecule has 0 aliphatic heterocycles. The summed E-state index contributed by atoms with van der Waals surface area (Å²) in [6, 6.07) is 18.1. The fourth-order valence-corrected chi connectivity index (χ4v) is 7.27. The topological polar surface area (TPSA) is 218 Å². The number of carbonyl (C=O) groups is 5. The van der Waals surface area contributed by atoms with Gasteiger partial charge in [-0.2, -0.15) is 4.31 Å². The largest absolute Gasteiger partial charge is 0.467 e. The number of rotatable bonds is 20. The standard InChI is InChI=1S/C39H51N5O10S/c1-28-20-22-31(23-21-28)55(50,51)44(39(49)53-3)33(18-10-12-24-40)35(45)42-32(26-29-14-6-4-7-15-29)36(46)43(34(37(47)52-2)19-11-13-25-41)38(48)54-27-30-16-8-5-9-17-30/h4-9,14-17,20-23,32-34H,10-13,18-19,24-27,40-41H2,1-3H3,(H,42,45)/t32-,33+,34-/m0/s1. The molecule has 3 aromatic carbocycles. The smallest absolute Gasteiger partial charge is 0.424 e. The Morgan fingerprint density at radius 2 is 1.25 bits per heavy atom. The van der Waals surface area contributed by atoms with Crippen molar-refractivity contribution in [2.45, 2.75) is 81.5 Å². The predicted octanol–water partition coefficient (Wildman–Crippen LogP) is 3.81. The molecule has 4 amide bonds. The Labute approximate surface area is 322 Å². The molecule has 0 radical (unpaired) electrons. The van der Waals surface area contributed by atoms with Crippen molar-refractivity contribution in [2.75, 3.05) is 27.3 Å². The van der Waals surface area contributed by atoms with Crippen LogP contribution in [-0.2, 0) is 51.6 Å². The molecule has 0 saturated heterocycles. The third kappa shape index (κ3) is 12.6. The van der Waals surface area contributed by atoms with Crippen molar-refractivity contribution >= 4 is 40.0 Å². The molecule has 5 N–H and O–H groups in total. The van der Waals surface area contributed by atoms with E-state index in [1.165, 1.54) is 24.3 Å². The van der Waals surface area contributed by atoms with E-state index in [4.69, 9.17) is 25.7 Å². The Morgan fingerprint density at radius 3 is 1.78 bits per heavy atom. The monoisotopic (exact) mass is 781 g/mol. The maximum Gasteiger partial charge on any atom is 0.424 e. The molecule has 0 heterocycles. The summed E-state index contributed by atoms with van der Waals surface area (Å²) in [5, 5.41) is 2.62. The molecule has 0 saturated carbocycles. The molecular weight excluding hydrogens is 731 g/mol. The van der Waals surface area contributed by atoms with Gasteiger partial charge < -0.3 is 31.0 Å². The van der Waals surface area contributed by atoms with E-state index >= 15 is 0 Å². The predicted molar refractivity (Wildman–Crippen MR) is 204 cm³/mol. The number of imide groups is 1. The maximum absolute atomic E-state index is 14.8. The Kier molecular flexibility index (Phi) is 17.8. The van der Waals surface area contributed by atoms with Crippen LogP contribution in [-0.4, -0.2) is 93.0 Å². The summed E-state index contributed by atoms with van der Waals surface area (Å²) in [7, 11) is -2.61. The number of hydrogen-bond donors (Lipinski definition) is 3. The third-order valence-corrected chi connectivity index (χ3v) is 10.5. The van der Waals surface area contributed by atoms with Crippen LogP contribution in [0.15, 0.2) is 89.8 Å². The van der Waals surface area contributed by atoms with Crippen molar-refractivity contribution in [1.29, 1.82) is 0 Å². The normalized spacial score (nSPS) is 12.7. The number of nitrogens with two attached hydrogens (primary N) is 2. The van der Waals surface area contributed by atoms with Crippen molar-refractivity contribution in [3.8, 4) is 0 Å². The first-order valence-corrected chi connectivity index (χ1v) is 19.4. The van der Waals surface area contributed by atoms with Crippen LogP contribution >= 0.6 is 0 Å². The number of nitrogens with zero attached hydrogens (tertiary/aromatic N) is 2. The molecule has 0 aliphatic rings. The summed E-state index contributed by atoms with van der Waals surface area (Å²) >= 11 is 0. The molecule has 0 fully saturated rings. The average Bonchev–Trinajstić information content (AvgIpc) is 3.19. The highest BCUT2D eigenvalue weighted by Crippen LogP contribution is 2.24. The number of hydrogen-bond acceptors (Lipinski definition) is 12. The van der Waals surface area contributed by atoms with Crippen LogP contribution in [0.2, 0.25) is 0 Å². The van der Waals surface area contributed by atoms with Gasteiger partial charge in [0.15, 0.2) is 0 Å². The molecule has 16 heteroatoms. The van der Waals surface area contributed by atoms with E-state index in [0.29, 0.717) is 39.6 Å². The first-order valence-electron chi connectivity index (χ1n) is 17.9. The number of nitrogens with one attached hydrogen (secondary N) is 1. The molecule has 55 heavy (non-hydrogen) atoms. The van der Waals surface area contributed by atoms with E-state index in [0.717, 1.165) is 19.8 Å². The average molecular weight is 782 g/mol. The van der Waals surface area contributed by atoms with E-state index < -0.39 is 58.1 Å². The van der Waals surface area contributed by atoms with Crippen molar-refractivity contribution in [1.82, 2.24) is 14.5 Å². The summed E-state index contributed by atoms with van der Waals surface area (Å²) in [4.78, 5) is 70.1. The second-order valence-corrected chi connectivity index (χ2v) is 14.5. The fourth-order valence-electron chi connectivity index (χ4n) is 5.76. The first kappa shape index (κ1) is 44.1. The van der Waals surface area contributed by atoms with Crippen LogP contribution in [0.1, 0.15) is 55.2 Å². The minimum absolute atomic E-state index is 0.0331. The van der Waals surface area contributed by atoms with Gasteiger partial charge in [0.2, 0.25) is 5.91 Å². The molecule has 0 bridgehead atoms. The summed E-state index contributed by atoms with van der Waals surface area (Å²) in [5.74, 6) is -2.99. The second kappa shape index (κ2) is 22.2.